The number of alkyl halides is 1. The minimum absolute atomic E-state index is 0.331. The van der Waals surface area contributed by atoms with E-state index < -0.39 is 0 Å². The van der Waals surface area contributed by atoms with Gasteiger partial charge in [0, 0.05) is 25.6 Å². The molecule has 2 nitrogen and oxygen atoms in total. The summed E-state index contributed by atoms with van der Waals surface area (Å²) >= 11 is 5.95. The highest BCUT2D eigenvalue weighted by Crippen LogP contribution is 2.13. The minimum atomic E-state index is 0.331. The fourth-order valence-electron chi connectivity index (χ4n) is 1.16. The van der Waals surface area contributed by atoms with Crippen molar-refractivity contribution in [1.29, 1.82) is 0 Å². The molecular formula is C6H13ClN2. The number of rotatable bonds is 2. The zero-order valence-corrected chi connectivity index (χ0v) is 6.41. The first-order valence-electron chi connectivity index (χ1n) is 3.34. The lowest BCUT2D eigenvalue weighted by atomic mass is 10.1. The maximum absolute atomic E-state index is 5.95. The minimum Gasteiger partial charge on any atom is -0.319 e. The Bertz CT molecular complexity index is 87.1. The van der Waals surface area contributed by atoms with Crippen LogP contribution in [0.4, 0.5) is 0 Å². The topological polar surface area (TPSA) is 24.1 Å². The molecule has 0 aromatic heterocycles. The molecule has 0 aromatic carbocycles. The standard InChI is InChI=1S/C6H13ClN2/c1-8-2-5-3-9-4-6(5)7/h5-6,8-9H,2-4H2,1H3. The first-order valence-corrected chi connectivity index (χ1v) is 3.77. The van der Waals surface area contributed by atoms with E-state index >= 15 is 0 Å². The smallest absolute Gasteiger partial charge is 0.0513 e. The Morgan fingerprint density at radius 2 is 2.44 bits per heavy atom. The van der Waals surface area contributed by atoms with Gasteiger partial charge in [-0.25, -0.2) is 0 Å². The Morgan fingerprint density at radius 1 is 1.67 bits per heavy atom. The van der Waals surface area contributed by atoms with E-state index in [0.29, 0.717) is 11.3 Å². The summed E-state index contributed by atoms with van der Waals surface area (Å²) in [6.45, 7) is 3.06. The van der Waals surface area contributed by atoms with E-state index in [-0.39, 0.29) is 0 Å². The third-order valence-electron chi connectivity index (χ3n) is 1.72. The Balaban J connectivity index is 2.22. The van der Waals surface area contributed by atoms with Crippen LogP contribution < -0.4 is 10.6 Å². The molecule has 0 spiro atoms. The van der Waals surface area contributed by atoms with E-state index in [0.717, 1.165) is 19.6 Å². The predicted molar refractivity (Wildman–Crippen MR) is 39.9 cm³/mol. The number of hydrogen-bond donors (Lipinski definition) is 2. The Labute approximate surface area is 61.0 Å². The van der Waals surface area contributed by atoms with E-state index in [2.05, 4.69) is 10.6 Å². The van der Waals surface area contributed by atoms with Gasteiger partial charge in [0.15, 0.2) is 0 Å². The van der Waals surface area contributed by atoms with Crippen molar-refractivity contribution in [2.24, 2.45) is 5.92 Å². The highest BCUT2D eigenvalue weighted by atomic mass is 35.5. The van der Waals surface area contributed by atoms with Crippen molar-refractivity contribution < 1.29 is 0 Å². The summed E-state index contributed by atoms with van der Waals surface area (Å²) in [5.41, 5.74) is 0. The SMILES string of the molecule is CNCC1CNCC1Cl. The van der Waals surface area contributed by atoms with Gasteiger partial charge < -0.3 is 10.6 Å². The quantitative estimate of drug-likeness (QED) is 0.541. The molecule has 0 radical (unpaired) electrons. The van der Waals surface area contributed by atoms with Crippen molar-refractivity contribution in [2.75, 3.05) is 26.7 Å². The summed E-state index contributed by atoms with van der Waals surface area (Å²) in [6.07, 6.45) is 0. The second-order valence-corrected chi connectivity index (χ2v) is 3.05. The maximum atomic E-state index is 5.95. The lowest BCUT2D eigenvalue weighted by Gasteiger charge is -2.09. The van der Waals surface area contributed by atoms with Gasteiger partial charge in [-0.1, -0.05) is 0 Å². The summed E-state index contributed by atoms with van der Waals surface area (Å²) < 4.78 is 0. The zero-order valence-electron chi connectivity index (χ0n) is 5.65. The van der Waals surface area contributed by atoms with Crippen molar-refractivity contribution in [3.05, 3.63) is 0 Å². The third-order valence-corrected chi connectivity index (χ3v) is 2.23. The van der Waals surface area contributed by atoms with Gasteiger partial charge in [-0.15, -0.1) is 11.6 Å². The van der Waals surface area contributed by atoms with Gasteiger partial charge in [-0.05, 0) is 7.05 Å². The van der Waals surface area contributed by atoms with Crippen molar-refractivity contribution in [3.8, 4) is 0 Å². The van der Waals surface area contributed by atoms with Crippen molar-refractivity contribution in [2.45, 2.75) is 5.38 Å². The third kappa shape index (κ3) is 1.81. The molecule has 0 bridgehead atoms. The molecule has 2 N–H and O–H groups in total. The first kappa shape index (κ1) is 7.32. The highest BCUT2D eigenvalue weighted by molar-refractivity contribution is 6.21. The highest BCUT2D eigenvalue weighted by Gasteiger charge is 2.23. The van der Waals surface area contributed by atoms with Crippen LogP contribution in [0.2, 0.25) is 0 Å². The van der Waals surface area contributed by atoms with Crippen LogP contribution in [0.25, 0.3) is 0 Å². The average molecular weight is 149 g/mol. The normalized spacial score (nSPS) is 35.3. The van der Waals surface area contributed by atoms with Crippen LogP contribution in [0.15, 0.2) is 0 Å². The van der Waals surface area contributed by atoms with E-state index in [4.69, 9.17) is 11.6 Å². The zero-order chi connectivity index (χ0) is 6.69. The largest absolute Gasteiger partial charge is 0.319 e. The molecule has 3 heteroatoms. The molecule has 9 heavy (non-hydrogen) atoms. The lowest BCUT2D eigenvalue weighted by Crippen LogP contribution is -2.25. The number of halogens is 1. The van der Waals surface area contributed by atoms with E-state index in [9.17, 15) is 0 Å². The van der Waals surface area contributed by atoms with Gasteiger partial charge in [-0.2, -0.15) is 0 Å². The molecule has 54 valence electrons. The molecule has 1 aliphatic heterocycles. The van der Waals surface area contributed by atoms with Gasteiger partial charge >= 0.3 is 0 Å². The molecule has 2 unspecified atom stereocenters. The molecular weight excluding hydrogens is 136 g/mol. The van der Waals surface area contributed by atoms with Crippen LogP contribution in [0.1, 0.15) is 0 Å². The lowest BCUT2D eigenvalue weighted by molar-refractivity contribution is 0.549. The summed E-state index contributed by atoms with van der Waals surface area (Å²) in [4.78, 5) is 0. The molecule has 0 amide bonds. The molecule has 0 saturated carbocycles. The fraction of sp³-hybridized carbons (Fsp3) is 1.00. The monoisotopic (exact) mass is 148 g/mol. The molecule has 2 atom stereocenters. The fourth-order valence-corrected chi connectivity index (χ4v) is 1.45. The van der Waals surface area contributed by atoms with E-state index in [1.807, 2.05) is 7.05 Å². The van der Waals surface area contributed by atoms with Gasteiger partial charge in [-0.3, -0.25) is 0 Å². The van der Waals surface area contributed by atoms with Crippen molar-refractivity contribution >= 4 is 11.6 Å². The molecule has 1 fully saturated rings. The predicted octanol–water partition coefficient (Wildman–Crippen LogP) is 0.0326. The summed E-state index contributed by atoms with van der Waals surface area (Å²) in [5, 5.41) is 6.68. The molecule has 1 saturated heterocycles. The molecule has 1 rings (SSSR count). The summed E-state index contributed by atoms with van der Waals surface area (Å²) in [7, 11) is 1.96. The Hall–Kier alpha value is 0.210. The van der Waals surface area contributed by atoms with E-state index in [1.165, 1.54) is 0 Å². The van der Waals surface area contributed by atoms with E-state index in [1.54, 1.807) is 0 Å². The summed E-state index contributed by atoms with van der Waals surface area (Å²) in [6, 6.07) is 0. The second-order valence-electron chi connectivity index (χ2n) is 2.49. The average Bonchev–Trinajstić information content (AvgIpc) is 2.18. The van der Waals surface area contributed by atoms with Crippen molar-refractivity contribution in [3.63, 3.8) is 0 Å². The first-order chi connectivity index (χ1) is 4.34. The molecule has 0 aromatic rings. The van der Waals surface area contributed by atoms with Gasteiger partial charge in [0.1, 0.15) is 0 Å². The second kappa shape index (κ2) is 3.40. The Morgan fingerprint density at radius 3 is 2.89 bits per heavy atom. The van der Waals surface area contributed by atoms with Crippen LogP contribution >= 0.6 is 11.6 Å². The van der Waals surface area contributed by atoms with Crippen molar-refractivity contribution in [1.82, 2.24) is 10.6 Å². The Kier molecular flexibility index (Phi) is 2.76. The van der Waals surface area contributed by atoms with Gasteiger partial charge in [0.2, 0.25) is 0 Å². The molecule has 1 aliphatic rings. The van der Waals surface area contributed by atoms with Crippen LogP contribution in [0.3, 0.4) is 0 Å². The maximum Gasteiger partial charge on any atom is 0.0513 e. The summed E-state index contributed by atoms with van der Waals surface area (Å²) in [5.74, 6) is 0.622. The van der Waals surface area contributed by atoms with Crippen LogP contribution in [0.5, 0.6) is 0 Å². The number of nitrogens with one attached hydrogen (secondary N) is 2. The number of hydrogen-bond acceptors (Lipinski definition) is 2. The van der Waals surface area contributed by atoms with Crippen LogP contribution in [-0.4, -0.2) is 32.1 Å². The van der Waals surface area contributed by atoms with Gasteiger partial charge in [0.05, 0.1) is 5.38 Å². The van der Waals surface area contributed by atoms with Crippen LogP contribution in [0, 0.1) is 5.92 Å². The molecule has 1 heterocycles. The van der Waals surface area contributed by atoms with Crippen LogP contribution in [-0.2, 0) is 0 Å². The van der Waals surface area contributed by atoms with Gasteiger partial charge in [0.25, 0.3) is 0 Å². The molecule has 0 aliphatic carbocycles.